The Kier molecular flexibility index (Phi) is 3.72. The molecule has 0 unspecified atom stereocenters. The first-order valence-corrected chi connectivity index (χ1v) is 8.30. The van der Waals surface area contributed by atoms with Gasteiger partial charge >= 0.3 is 5.97 Å². The van der Waals surface area contributed by atoms with E-state index in [2.05, 4.69) is 10.3 Å². The Hall–Kier alpha value is -3.22. The maximum absolute atomic E-state index is 14.5. The minimum atomic E-state index is -1.59. The van der Waals surface area contributed by atoms with Crippen LogP contribution in [0.1, 0.15) is 34.5 Å². The van der Waals surface area contributed by atoms with Gasteiger partial charge in [0.1, 0.15) is 5.65 Å². The molecule has 0 spiro atoms. The third kappa shape index (κ3) is 2.35. The Balaban J connectivity index is 1.77. The van der Waals surface area contributed by atoms with E-state index in [1.54, 1.807) is 30.3 Å². The number of nitrogens with one attached hydrogen (secondary N) is 1. The van der Waals surface area contributed by atoms with Crippen LogP contribution in [0.25, 0.3) is 5.65 Å². The number of aromatic nitrogens is 2. The molecule has 132 valence electrons. The van der Waals surface area contributed by atoms with Crippen LogP contribution in [-0.4, -0.2) is 26.4 Å². The lowest BCUT2D eigenvalue weighted by atomic mass is 9.76. The number of carbonyl (C=O) groups excluding carboxylic acids is 1. The monoisotopic (exact) mass is 353 g/mol. The zero-order valence-electron chi connectivity index (χ0n) is 13.8. The lowest BCUT2D eigenvalue weighted by Gasteiger charge is -2.36. The quantitative estimate of drug-likeness (QED) is 0.758. The fourth-order valence-electron chi connectivity index (χ4n) is 3.60. The van der Waals surface area contributed by atoms with Crippen LogP contribution < -0.4 is 5.32 Å². The standard InChI is InChI=1S/C19H16FN3O3/c20-16-15(21-14-9-3-4-11-23(14)16)17(24)22-19(18(25)26)10-5-7-12-6-1-2-8-13(12)19/h1-4,6,8-9,11H,5,7,10H2,(H,22,24)(H,25,26)/t19-/m0/s1. The van der Waals surface area contributed by atoms with Crippen molar-refractivity contribution in [1.82, 2.24) is 14.7 Å². The largest absolute Gasteiger partial charge is 0.479 e. The number of imidazole rings is 1. The maximum atomic E-state index is 14.5. The Labute approximate surface area is 148 Å². The summed E-state index contributed by atoms with van der Waals surface area (Å²) in [4.78, 5) is 28.9. The molecular formula is C19H16FN3O3. The van der Waals surface area contributed by atoms with Crippen molar-refractivity contribution in [2.45, 2.75) is 24.8 Å². The number of hydrogen-bond acceptors (Lipinski definition) is 3. The van der Waals surface area contributed by atoms with Crippen molar-refractivity contribution in [3.63, 3.8) is 0 Å². The summed E-state index contributed by atoms with van der Waals surface area (Å²) in [6.45, 7) is 0. The van der Waals surface area contributed by atoms with Gasteiger partial charge in [-0.25, -0.2) is 9.78 Å². The van der Waals surface area contributed by atoms with Gasteiger partial charge in [0.2, 0.25) is 5.95 Å². The lowest BCUT2D eigenvalue weighted by molar-refractivity contribution is -0.145. The van der Waals surface area contributed by atoms with Crippen molar-refractivity contribution in [3.05, 3.63) is 71.4 Å². The van der Waals surface area contributed by atoms with Crippen molar-refractivity contribution in [3.8, 4) is 0 Å². The predicted molar refractivity (Wildman–Crippen MR) is 91.3 cm³/mol. The molecule has 2 heterocycles. The number of carboxylic acid groups (broad SMARTS) is 1. The summed E-state index contributed by atoms with van der Waals surface area (Å²) in [5.74, 6) is -2.82. The van der Waals surface area contributed by atoms with E-state index in [4.69, 9.17) is 0 Å². The number of rotatable bonds is 3. The molecule has 2 N–H and O–H groups in total. The molecule has 0 saturated carbocycles. The highest BCUT2D eigenvalue weighted by atomic mass is 19.1. The number of fused-ring (bicyclic) bond motifs is 2. The molecule has 0 aliphatic heterocycles. The van der Waals surface area contributed by atoms with Crippen molar-refractivity contribution in [1.29, 1.82) is 0 Å². The number of carbonyl (C=O) groups is 2. The number of hydrogen-bond donors (Lipinski definition) is 2. The minimum Gasteiger partial charge on any atom is -0.479 e. The van der Waals surface area contributed by atoms with E-state index in [0.717, 1.165) is 16.4 Å². The number of nitrogens with zero attached hydrogens (tertiary/aromatic N) is 2. The van der Waals surface area contributed by atoms with Crippen molar-refractivity contribution < 1.29 is 19.1 Å². The smallest absolute Gasteiger partial charge is 0.334 e. The second-order valence-corrected chi connectivity index (χ2v) is 6.36. The first-order valence-electron chi connectivity index (χ1n) is 8.30. The fourth-order valence-corrected chi connectivity index (χ4v) is 3.60. The molecule has 2 aromatic heterocycles. The fraction of sp³-hybridized carbons (Fsp3) is 0.211. The van der Waals surface area contributed by atoms with Gasteiger partial charge in [-0.2, -0.15) is 4.39 Å². The van der Waals surface area contributed by atoms with Crippen molar-refractivity contribution >= 4 is 17.5 Å². The first kappa shape index (κ1) is 16.3. The Morgan fingerprint density at radius 2 is 1.96 bits per heavy atom. The van der Waals surface area contributed by atoms with Crippen molar-refractivity contribution in [2.75, 3.05) is 0 Å². The number of benzene rings is 1. The van der Waals surface area contributed by atoms with Crippen LogP contribution in [0.5, 0.6) is 0 Å². The van der Waals surface area contributed by atoms with Crippen LogP contribution in [0.4, 0.5) is 4.39 Å². The Bertz CT molecular complexity index is 1030. The van der Waals surface area contributed by atoms with E-state index in [9.17, 15) is 19.1 Å². The lowest BCUT2D eigenvalue weighted by Crippen LogP contribution is -2.53. The van der Waals surface area contributed by atoms with Crippen LogP contribution in [0.2, 0.25) is 0 Å². The number of carboxylic acids is 1. The van der Waals surface area contributed by atoms with Crippen molar-refractivity contribution in [2.24, 2.45) is 0 Å². The van der Waals surface area contributed by atoms with E-state index in [1.807, 2.05) is 12.1 Å². The minimum absolute atomic E-state index is 0.236. The first-order chi connectivity index (χ1) is 12.5. The highest BCUT2D eigenvalue weighted by Gasteiger charge is 2.45. The summed E-state index contributed by atoms with van der Waals surface area (Å²) >= 11 is 0. The van der Waals surface area contributed by atoms with Crippen LogP contribution in [0.15, 0.2) is 48.7 Å². The van der Waals surface area contributed by atoms with Gasteiger partial charge in [-0.15, -0.1) is 0 Å². The molecule has 0 bridgehead atoms. The normalized spacial score (nSPS) is 19.1. The average molecular weight is 353 g/mol. The molecule has 1 aliphatic carbocycles. The summed E-state index contributed by atoms with van der Waals surface area (Å²) in [5, 5.41) is 12.5. The third-order valence-corrected chi connectivity index (χ3v) is 4.85. The molecule has 3 aromatic rings. The summed E-state index contributed by atoms with van der Waals surface area (Å²) in [6, 6.07) is 12.0. The molecule has 0 fully saturated rings. The molecule has 1 atom stereocenters. The molecule has 1 amide bonds. The van der Waals surface area contributed by atoms with Crippen LogP contribution in [0.3, 0.4) is 0 Å². The van der Waals surface area contributed by atoms with Gasteiger partial charge in [0, 0.05) is 6.20 Å². The van der Waals surface area contributed by atoms with E-state index >= 15 is 0 Å². The zero-order valence-corrected chi connectivity index (χ0v) is 13.8. The average Bonchev–Trinajstić information content (AvgIpc) is 2.99. The topological polar surface area (TPSA) is 83.7 Å². The highest BCUT2D eigenvalue weighted by Crippen LogP contribution is 2.36. The molecule has 26 heavy (non-hydrogen) atoms. The molecular weight excluding hydrogens is 337 g/mol. The number of halogens is 1. The summed E-state index contributed by atoms with van der Waals surface area (Å²) in [5.41, 5.74) is -0.314. The summed E-state index contributed by atoms with van der Waals surface area (Å²) < 4.78 is 15.7. The van der Waals surface area contributed by atoms with Crippen LogP contribution in [-0.2, 0) is 16.8 Å². The van der Waals surface area contributed by atoms with Gasteiger partial charge < -0.3 is 10.4 Å². The molecule has 0 saturated heterocycles. The van der Waals surface area contributed by atoms with Gasteiger partial charge in [0.15, 0.2) is 11.2 Å². The predicted octanol–water partition coefficient (Wildman–Crippen LogP) is 2.52. The zero-order chi connectivity index (χ0) is 18.3. The molecule has 0 radical (unpaired) electrons. The van der Waals surface area contributed by atoms with Gasteiger partial charge in [0.25, 0.3) is 5.91 Å². The summed E-state index contributed by atoms with van der Waals surface area (Å²) in [6.07, 6.45) is 3.04. The molecule has 4 rings (SSSR count). The number of pyridine rings is 1. The Morgan fingerprint density at radius 3 is 2.73 bits per heavy atom. The van der Waals surface area contributed by atoms with E-state index in [1.165, 1.54) is 6.20 Å². The number of amides is 1. The highest BCUT2D eigenvalue weighted by molar-refractivity contribution is 5.97. The van der Waals surface area contributed by atoms with Crippen LogP contribution >= 0.6 is 0 Å². The van der Waals surface area contributed by atoms with Gasteiger partial charge in [-0.1, -0.05) is 30.3 Å². The van der Waals surface area contributed by atoms with Gasteiger partial charge in [-0.05, 0) is 42.5 Å². The van der Waals surface area contributed by atoms with Crippen LogP contribution in [0, 0.1) is 5.95 Å². The molecule has 6 nitrogen and oxygen atoms in total. The van der Waals surface area contributed by atoms with E-state index in [-0.39, 0.29) is 12.1 Å². The van der Waals surface area contributed by atoms with E-state index < -0.39 is 29.1 Å². The maximum Gasteiger partial charge on any atom is 0.334 e. The second kappa shape index (κ2) is 5.94. The number of aryl methyl sites for hydroxylation is 1. The molecule has 1 aromatic carbocycles. The SMILES string of the molecule is O=C(N[C@@]1(C(=O)O)CCCc2ccccc21)c1nc2ccccn2c1F. The Morgan fingerprint density at radius 1 is 1.19 bits per heavy atom. The number of aliphatic carboxylic acids is 1. The van der Waals surface area contributed by atoms with Gasteiger partial charge in [0.05, 0.1) is 0 Å². The molecule has 1 aliphatic rings. The third-order valence-electron chi connectivity index (χ3n) is 4.85. The molecule has 7 heteroatoms. The second-order valence-electron chi connectivity index (χ2n) is 6.36. The summed E-state index contributed by atoms with van der Waals surface area (Å²) in [7, 11) is 0. The van der Waals surface area contributed by atoms with E-state index in [0.29, 0.717) is 12.0 Å². The van der Waals surface area contributed by atoms with Gasteiger partial charge in [-0.3, -0.25) is 9.20 Å².